The molecule has 1 fully saturated rings. The lowest BCUT2D eigenvalue weighted by Crippen LogP contribution is -2.56. The van der Waals surface area contributed by atoms with Gasteiger partial charge in [-0.05, 0) is 42.8 Å². The van der Waals surface area contributed by atoms with Crippen LogP contribution in [0.3, 0.4) is 0 Å². The van der Waals surface area contributed by atoms with Crippen molar-refractivity contribution in [3.8, 4) is 17.3 Å². The number of aromatic nitrogens is 4. The first-order chi connectivity index (χ1) is 18.4. The summed E-state index contributed by atoms with van der Waals surface area (Å²) in [7, 11) is 0. The van der Waals surface area contributed by atoms with Gasteiger partial charge in [0.1, 0.15) is 11.6 Å². The van der Waals surface area contributed by atoms with Gasteiger partial charge in [-0.15, -0.1) is 0 Å². The standard InChI is InChI=1S/C27H28F2N8O/c1-16-10-19(28)25(20(29)11-16)22-5-4-18-12-33-27(37(18)35-22)34-23-13-32-8-6-24(23)36-14-17(2)26(21(31)15-36)38-9-3-7-30/h4-6,8,10-13,17,21,26H,3,9,14-15,31H2,1-2H3,(H,33,34). The number of ether oxygens (including phenoxy) is 1. The number of benzene rings is 1. The van der Waals surface area contributed by atoms with Crippen LogP contribution in [0.1, 0.15) is 18.9 Å². The van der Waals surface area contributed by atoms with Gasteiger partial charge in [-0.1, -0.05) is 6.92 Å². The van der Waals surface area contributed by atoms with Crippen LogP contribution in [0.5, 0.6) is 0 Å². The molecule has 0 saturated carbocycles. The minimum atomic E-state index is -0.677. The number of nitrogens with one attached hydrogen (secondary N) is 1. The molecule has 4 heterocycles. The van der Waals surface area contributed by atoms with E-state index >= 15 is 0 Å². The van der Waals surface area contributed by atoms with Crippen LogP contribution >= 0.6 is 0 Å². The maximum absolute atomic E-state index is 14.6. The van der Waals surface area contributed by atoms with Crippen LogP contribution in [0.25, 0.3) is 16.8 Å². The second-order valence-corrected chi connectivity index (χ2v) is 9.55. The number of nitrogens with zero attached hydrogens (tertiary/aromatic N) is 6. The number of nitriles is 1. The molecule has 9 nitrogen and oxygen atoms in total. The van der Waals surface area contributed by atoms with Gasteiger partial charge in [-0.3, -0.25) is 4.98 Å². The van der Waals surface area contributed by atoms with Gasteiger partial charge >= 0.3 is 0 Å². The van der Waals surface area contributed by atoms with Gasteiger partial charge in [-0.25, -0.2) is 13.8 Å². The summed E-state index contributed by atoms with van der Waals surface area (Å²) in [6.07, 6.45) is 5.20. The Kier molecular flexibility index (Phi) is 7.18. The molecule has 0 bridgehead atoms. The van der Waals surface area contributed by atoms with Crippen LogP contribution in [-0.2, 0) is 4.74 Å². The van der Waals surface area contributed by atoms with Crippen molar-refractivity contribution in [1.29, 1.82) is 5.26 Å². The summed E-state index contributed by atoms with van der Waals surface area (Å²) in [6, 6.07) is 9.58. The Labute approximate surface area is 218 Å². The van der Waals surface area contributed by atoms with E-state index in [0.29, 0.717) is 48.8 Å². The fraction of sp³-hybridized carbons (Fsp3) is 0.333. The lowest BCUT2D eigenvalue weighted by Gasteiger charge is -2.42. The minimum absolute atomic E-state index is 0.134. The molecule has 0 radical (unpaired) electrons. The summed E-state index contributed by atoms with van der Waals surface area (Å²) in [5.41, 5.74) is 9.14. The molecule has 0 aliphatic carbocycles. The number of piperidine rings is 1. The molecule has 5 rings (SSSR count). The smallest absolute Gasteiger partial charge is 0.229 e. The highest BCUT2D eigenvalue weighted by Crippen LogP contribution is 2.32. The number of nitrogens with two attached hydrogens (primary N) is 1. The largest absolute Gasteiger partial charge is 0.375 e. The lowest BCUT2D eigenvalue weighted by atomic mass is 9.92. The van der Waals surface area contributed by atoms with Crippen molar-refractivity contribution in [3.05, 3.63) is 66.1 Å². The van der Waals surface area contributed by atoms with Crippen LogP contribution in [0.2, 0.25) is 0 Å². The van der Waals surface area contributed by atoms with Crippen LogP contribution in [0.4, 0.5) is 26.1 Å². The van der Waals surface area contributed by atoms with Crippen molar-refractivity contribution in [2.75, 3.05) is 29.9 Å². The first kappa shape index (κ1) is 25.5. The lowest BCUT2D eigenvalue weighted by molar-refractivity contribution is -0.00331. The van der Waals surface area contributed by atoms with Crippen molar-refractivity contribution in [3.63, 3.8) is 0 Å². The van der Waals surface area contributed by atoms with Crippen molar-refractivity contribution >= 4 is 22.8 Å². The molecule has 3 atom stereocenters. The van der Waals surface area contributed by atoms with Crippen LogP contribution < -0.4 is 16.0 Å². The predicted molar refractivity (Wildman–Crippen MR) is 140 cm³/mol. The zero-order valence-electron chi connectivity index (χ0n) is 21.1. The fourth-order valence-electron chi connectivity index (χ4n) is 4.96. The molecule has 1 aromatic carbocycles. The summed E-state index contributed by atoms with van der Waals surface area (Å²) in [6.45, 7) is 5.32. The van der Waals surface area contributed by atoms with E-state index in [-0.39, 0.29) is 29.3 Å². The molecule has 3 unspecified atom stereocenters. The third kappa shape index (κ3) is 5.01. The summed E-state index contributed by atoms with van der Waals surface area (Å²) < 4.78 is 36.7. The molecule has 4 aromatic rings. The average Bonchev–Trinajstić information content (AvgIpc) is 3.27. The molecule has 196 valence electrons. The molecule has 0 spiro atoms. The Morgan fingerprint density at radius 2 is 1.97 bits per heavy atom. The first-order valence-corrected chi connectivity index (χ1v) is 12.4. The van der Waals surface area contributed by atoms with E-state index in [1.807, 2.05) is 6.07 Å². The first-order valence-electron chi connectivity index (χ1n) is 12.4. The summed E-state index contributed by atoms with van der Waals surface area (Å²) in [4.78, 5) is 10.9. The van der Waals surface area contributed by atoms with Crippen molar-refractivity contribution in [1.82, 2.24) is 19.6 Å². The number of rotatable bonds is 7. The highest BCUT2D eigenvalue weighted by Gasteiger charge is 2.34. The van der Waals surface area contributed by atoms with Gasteiger partial charge in [0, 0.05) is 31.2 Å². The number of hydrogen-bond acceptors (Lipinski definition) is 8. The molecule has 0 amide bonds. The van der Waals surface area contributed by atoms with E-state index in [2.05, 4.69) is 38.3 Å². The molecule has 11 heteroatoms. The highest BCUT2D eigenvalue weighted by atomic mass is 19.1. The Hall–Kier alpha value is -4.14. The fourth-order valence-corrected chi connectivity index (χ4v) is 4.96. The number of anilines is 3. The third-order valence-electron chi connectivity index (χ3n) is 6.66. The van der Waals surface area contributed by atoms with Crippen molar-refractivity contribution in [2.24, 2.45) is 11.7 Å². The van der Waals surface area contributed by atoms with E-state index < -0.39 is 11.6 Å². The number of hydrogen-bond donors (Lipinski definition) is 2. The maximum Gasteiger partial charge on any atom is 0.229 e. The highest BCUT2D eigenvalue weighted by molar-refractivity contribution is 5.74. The van der Waals surface area contributed by atoms with Gasteiger partial charge in [0.05, 0.1) is 65.7 Å². The zero-order chi connectivity index (χ0) is 26.8. The number of halogens is 2. The van der Waals surface area contributed by atoms with Gasteiger partial charge in [0.25, 0.3) is 0 Å². The molecular formula is C27H28F2N8O. The molecular weight excluding hydrogens is 490 g/mol. The van der Waals surface area contributed by atoms with E-state index in [9.17, 15) is 8.78 Å². The number of imidazole rings is 1. The average molecular weight is 519 g/mol. The van der Waals surface area contributed by atoms with Crippen LogP contribution in [0.15, 0.2) is 48.9 Å². The Balaban J connectivity index is 1.42. The van der Waals surface area contributed by atoms with E-state index in [1.165, 1.54) is 16.6 Å². The Bertz CT molecular complexity index is 1470. The van der Waals surface area contributed by atoms with Gasteiger partial charge in [0.15, 0.2) is 0 Å². The second kappa shape index (κ2) is 10.7. The van der Waals surface area contributed by atoms with Crippen LogP contribution in [0, 0.1) is 35.8 Å². The molecule has 1 aliphatic rings. The third-order valence-corrected chi connectivity index (χ3v) is 6.66. The van der Waals surface area contributed by atoms with Crippen molar-refractivity contribution in [2.45, 2.75) is 32.4 Å². The quantitative estimate of drug-likeness (QED) is 0.350. The molecule has 1 saturated heterocycles. The topological polar surface area (TPSA) is 117 Å². The number of fused-ring (bicyclic) bond motifs is 1. The maximum atomic E-state index is 14.6. The van der Waals surface area contributed by atoms with Gasteiger partial charge < -0.3 is 20.7 Å². The van der Waals surface area contributed by atoms with Gasteiger partial charge in [-0.2, -0.15) is 14.9 Å². The van der Waals surface area contributed by atoms with Crippen LogP contribution in [-0.4, -0.2) is 51.4 Å². The van der Waals surface area contributed by atoms with E-state index in [0.717, 1.165) is 5.69 Å². The minimum Gasteiger partial charge on any atom is -0.375 e. The molecule has 3 aromatic heterocycles. The molecule has 1 aliphatic heterocycles. The SMILES string of the molecule is Cc1cc(F)c(-c2ccc3cnc(Nc4cnccc4N4CC(C)C(OCCC#N)C(N)C4)n3n2)c(F)c1. The normalized spacial score (nSPS) is 19.5. The number of pyridine rings is 1. The van der Waals surface area contributed by atoms with E-state index in [4.69, 9.17) is 15.7 Å². The summed E-state index contributed by atoms with van der Waals surface area (Å²) >= 11 is 0. The Morgan fingerprint density at radius 3 is 2.71 bits per heavy atom. The Morgan fingerprint density at radius 1 is 1.18 bits per heavy atom. The molecule has 3 N–H and O–H groups in total. The molecule has 38 heavy (non-hydrogen) atoms. The zero-order valence-corrected chi connectivity index (χ0v) is 21.1. The monoisotopic (exact) mass is 518 g/mol. The predicted octanol–water partition coefficient (Wildman–Crippen LogP) is 4.20. The van der Waals surface area contributed by atoms with Gasteiger partial charge in [0.2, 0.25) is 5.95 Å². The number of aryl methyl sites for hydroxylation is 1. The summed E-state index contributed by atoms with van der Waals surface area (Å²) in [5.74, 6) is -0.849. The second-order valence-electron chi connectivity index (χ2n) is 9.55. The summed E-state index contributed by atoms with van der Waals surface area (Å²) in [5, 5.41) is 16.6. The van der Waals surface area contributed by atoms with Crippen molar-refractivity contribution < 1.29 is 13.5 Å². The van der Waals surface area contributed by atoms with E-state index in [1.54, 1.807) is 37.6 Å².